The van der Waals surface area contributed by atoms with Crippen LogP contribution < -0.4 is 15.1 Å². The number of thiophene rings is 1. The molecule has 128 valence electrons. The zero-order valence-corrected chi connectivity index (χ0v) is 16.3. The Balaban J connectivity index is 1.66. The van der Waals surface area contributed by atoms with E-state index in [0.29, 0.717) is 18.2 Å². The number of halogens is 1. The maximum Gasteiger partial charge on any atom is 0.251 e. The molecule has 2 aromatic rings. The molecule has 1 amide bonds. The largest absolute Gasteiger partial charge is 0.346 e. The Hall–Kier alpha value is -1.21. The summed E-state index contributed by atoms with van der Waals surface area (Å²) in [7, 11) is 2.26. The van der Waals surface area contributed by atoms with Gasteiger partial charge in [-0.15, -0.1) is 11.3 Å². The summed E-state index contributed by atoms with van der Waals surface area (Å²) in [6.45, 7) is 5.38. The predicted octanol–water partition coefficient (Wildman–Crippen LogP) is 0.395. The van der Waals surface area contributed by atoms with E-state index < -0.39 is 0 Å². The summed E-state index contributed by atoms with van der Waals surface area (Å²) in [5.41, 5.74) is 0.709. The van der Waals surface area contributed by atoms with Crippen LogP contribution in [0.3, 0.4) is 0 Å². The van der Waals surface area contributed by atoms with E-state index in [2.05, 4.69) is 45.8 Å². The number of benzene rings is 1. The van der Waals surface area contributed by atoms with Crippen molar-refractivity contribution in [3.63, 3.8) is 0 Å². The van der Waals surface area contributed by atoms with E-state index >= 15 is 0 Å². The molecule has 24 heavy (non-hydrogen) atoms. The molecule has 1 aromatic heterocycles. The molecule has 4 nitrogen and oxygen atoms in total. The highest BCUT2D eigenvalue weighted by Crippen LogP contribution is 2.16. The minimum Gasteiger partial charge on any atom is -0.346 e. The van der Waals surface area contributed by atoms with Crippen molar-refractivity contribution in [2.45, 2.75) is 6.04 Å². The van der Waals surface area contributed by atoms with Crippen LogP contribution in [0.15, 0.2) is 46.3 Å². The van der Waals surface area contributed by atoms with Gasteiger partial charge in [-0.3, -0.25) is 4.79 Å². The number of hydrogen-bond donors (Lipinski definition) is 3. The quantitative estimate of drug-likeness (QED) is 0.656. The van der Waals surface area contributed by atoms with Crippen LogP contribution >= 0.6 is 27.3 Å². The van der Waals surface area contributed by atoms with Crippen LogP contribution in [0.25, 0.3) is 0 Å². The van der Waals surface area contributed by atoms with Crippen molar-refractivity contribution in [1.29, 1.82) is 0 Å². The average Bonchev–Trinajstić information content (AvgIpc) is 3.11. The predicted molar refractivity (Wildman–Crippen MR) is 101 cm³/mol. The van der Waals surface area contributed by atoms with Crippen LogP contribution in [0, 0.1) is 0 Å². The zero-order chi connectivity index (χ0) is 16.9. The number of piperazine rings is 1. The molecule has 0 saturated carbocycles. The molecule has 0 bridgehead atoms. The first-order chi connectivity index (χ1) is 11.6. The van der Waals surface area contributed by atoms with Crippen molar-refractivity contribution >= 4 is 33.2 Å². The third kappa shape index (κ3) is 4.45. The summed E-state index contributed by atoms with van der Waals surface area (Å²) < 4.78 is 0.986. The molecule has 3 N–H and O–H groups in total. The number of amides is 1. The van der Waals surface area contributed by atoms with E-state index in [-0.39, 0.29) is 5.91 Å². The van der Waals surface area contributed by atoms with Gasteiger partial charge in [0, 0.05) is 10.0 Å². The van der Waals surface area contributed by atoms with Gasteiger partial charge in [0.2, 0.25) is 0 Å². The van der Waals surface area contributed by atoms with Crippen LogP contribution in [0.1, 0.15) is 21.3 Å². The van der Waals surface area contributed by atoms with E-state index in [1.165, 1.54) is 18.0 Å². The topological polar surface area (TPSA) is 38.0 Å². The van der Waals surface area contributed by atoms with Gasteiger partial charge in [-0.2, -0.15) is 0 Å². The number of nitrogens with one attached hydrogen (secondary N) is 3. The lowest BCUT2D eigenvalue weighted by Gasteiger charge is -2.33. The van der Waals surface area contributed by atoms with Gasteiger partial charge in [-0.05, 0) is 35.7 Å². The second-order valence-electron chi connectivity index (χ2n) is 6.40. The Kier molecular flexibility index (Phi) is 6.05. The summed E-state index contributed by atoms with van der Waals surface area (Å²) in [5.74, 6) is 0.00297. The van der Waals surface area contributed by atoms with Crippen LogP contribution in [-0.2, 0) is 0 Å². The Labute approximate surface area is 155 Å². The molecule has 0 unspecified atom stereocenters. The van der Waals surface area contributed by atoms with Crippen molar-refractivity contribution in [2.24, 2.45) is 0 Å². The van der Waals surface area contributed by atoms with Gasteiger partial charge >= 0.3 is 0 Å². The zero-order valence-electron chi connectivity index (χ0n) is 13.8. The monoisotopic (exact) mass is 409 g/mol. The first kappa shape index (κ1) is 17.6. The molecule has 2 heterocycles. The molecule has 0 radical (unpaired) electrons. The molecule has 1 aliphatic rings. The Morgan fingerprint density at radius 2 is 1.92 bits per heavy atom. The summed E-state index contributed by atoms with van der Waals surface area (Å²) in [6.07, 6.45) is 0. The van der Waals surface area contributed by atoms with Crippen LogP contribution in [0.5, 0.6) is 0 Å². The molecule has 0 aliphatic carbocycles. The molecule has 1 aliphatic heterocycles. The second kappa shape index (κ2) is 8.25. The van der Waals surface area contributed by atoms with E-state index in [1.54, 1.807) is 21.1 Å². The number of rotatable bonds is 5. The number of likely N-dealkylation sites (N-methyl/N-ethyl adjacent to an activating group) is 1. The summed E-state index contributed by atoms with van der Waals surface area (Å²) in [6, 6.07) is 12.2. The van der Waals surface area contributed by atoms with Crippen molar-refractivity contribution in [3.05, 3.63) is 56.7 Å². The molecule has 1 atom stereocenters. The SMILES string of the molecule is C[NH+]1CC[NH+]([C@@H](CNC(=O)c2ccc(Br)cc2)c2cccs2)CC1. The minimum absolute atomic E-state index is 0.00297. The number of carbonyl (C=O) groups excluding carboxylic acids is 1. The van der Waals surface area contributed by atoms with Crippen LogP contribution in [0.2, 0.25) is 0 Å². The molecule has 0 spiro atoms. The van der Waals surface area contributed by atoms with Gasteiger partial charge in [-0.25, -0.2) is 0 Å². The first-order valence-corrected chi connectivity index (χ1v) is 10.0. The fourth-order valence-electron chi connectivity index (χ4n) is 3.18. The lowest BCUT2D eigenvalue weighted by molar-refractivity contribution is -1.02. The highest BCUT2D eigenvalue weighted by Gasteiger charge is 2.30. The van der Waals surface area contributed by atoms with Crippen molar-refractivity contribution in [1.82, 2.24) is 5.32 Å². The fraction of sp³-hybridized carbons (Fsp3) is 0.389. The maximum absolute atomic E-state index is 12.4. The van der Waals surface area contributed by atoms with E-state index in [4.69, 9.17) is 0 Å². The first-order valence-electron chi connectivity index (χ1n) is 8.36. The van der Waals surface area contributed by atoms with Gasteiger partial charge in [0.25, 0.3) is 5.91 Å². The second-order valence-corrected chi connectivity index (χ2v) is 8.30. The fourth-order valence-corrected chi connectivity index (χ4v) is 4.33. The molecule has 3 rings (SSSR count). The molecular weight excluding hydrogens is 386 g/mol. The lowest BCUT2D eigenvalue weighted by atomic mass is 10.1. The van der Waals surface area contributed by atoms with Gasteiger partial charge in [0.15, 0.2) is 0 Å². The third-order valence-electron chi connectivity index (χ3n) is 4.70. The summed E-state index contributed by atoms with van der Waals surface area (Å²) in [5, 5.41) is 5.26. The smallest absolute Gasteiger partial charge is 0.251 e. The molecule has 1 saturated heterocycles. The van der Waals surface area contributed by atoms with Gasteiger partial charge in [0.1, 0.15) is 32.2 Å². The lowest BCUT2D eigenvalue weighted by Crippen LogP contribution is -3.27. The normalized spacial score (nSPS) is 22.1. The maximum atomic E-state index is 12.4. The van der Waals surface area contributed by atoms with Crippen molar-refractivity contribution in [3.8, 4) is 0 Å². The number of carbonyl (C=O) groups is 1. The molecule has 1 aromatic carbocycles. The van der Waals surface area contributed by atoms with Crippen molar-refractivity contribution < 1.29 is 14.6 Å². The van der Waals surface area contributed by atoms with Crippen molar-refractivity contribution in [2.75, 3.05) is 39.8 Å². The number of hydrogen-bond acceptors (Lipinski definition) is 2. The summed E-state index contributed by atoms with van der Waals surface area (Å²) >= 11 is 5.19. The van der Waals surface area contributed by atoms with E-state index in [1.807, 2.05) is 24.3 Å². The van der Waals surface area contributed by atoms with Gasteiger partial charge in [0.05, 0.1) is 18.5 Å². The van der Waals surface area contributed by atoms with Crippen LogP contribution in [-0.4, -0.2) is 45.7 Å². The minimum atomic E-state index is 0.00297. The van der Waals surface area contributed by atoms with Gasteiger partial charge < -0.3 is 15.1 Å². The highest BCUT2D eigenvalue weighted by atomic mass is 79.9. The van der Waals surface area contributed by atoms with E-state index in [9.17, 15) is 4.79 Å². The summed E-state index contributed by atoms with van der Waals surface area (Å²) in [4.78, 5) is 17.0. The highest BCUT2D eigenvalue weighted by molar-refractivity contribution is 9.10. The standard InChI is InChI=1S/C18H22BrN3OS/c1-21-8-10-22(11-9-21)16(17-3-2-12-24-17)13-20-18(23)14-4-6-15(19)7-5-14/h2-7,12,16H,8-11,13H2,1H3,(H,20,23)/p+2/t16-/m0/s1. The number of quaternary nitrogens is 2. The Morgan fingerprint density at radius 3 is 2.54 bits per heavy atom. The molecular formula is C18H24BrN3OS+2. The van der Waals surface area contributed by atoms with Crippen LogP contribution in [0.4, 0.5) is 0 Å². The molecule has 6 heteroatoms. The third-order valence-corrected chi connectivity index (χ3v) is 6.21. The Bertz CT molecular complexity index is 651. The van der Waals surface area contributed by atoms with E-state index in [0.717, 1.165) is 17.6 Å². The Morgan fingerprint density at radius 1 is 1.21 bits per heavy atom. The molecule has 1 fully saturated rings. The van der Waals surface area contributed by atoms with Gasteiger partial charge in [-0.1, -0.05) is 22.0 Å². The average molecular weight is 410 g/mol.